The van der Waals surface area contributed by atoms with Crippen LogP contribution in [0.25, 0.3) is 0 Å². The van der Waals surface area contributed by atoms with Gasteiger partial charge in [-0.2, -0.15) is 11.8 Å². The highest BCUT2D eigenvalue weighted by atomic mass is 32.2. The molecule has 0 amide bonds. The van der Waals surface area contributed by atoms with Crippen molar-refractivity contribution < 1.29 is 4.74 Å². The monoisotopic (exact) mass is 255 g/mol. The third-order valence-corrected chi connectivity index (χ3v) is 5.72. The van der Waals surface area contributed by atoms with Crippen molar-refractivity contribution in [3.63, 3.8) is 0 Å². The van der Waals surface area contributed by atoms with Gasteiger partial charge in [-0.05, 0) is 12.8 Å². The molecule has 3 aliphatic heterocycles. The molecule has 3 aliphatic rings. The topological polar surface area (TPSA) is 12.5 Å². The lowest BCUT2D eigenvalue weighted by molar-refractivity contribution is 0.0714. The second-order valence-corrected chi connectivity index (χ2v) is 8.76. The van der Waals surface area contributed by atoms with Crippen LogP contribution >= 0.6 is 11.8 Å². The first-order chi connectivity index (χ1) is 8.03. The van der Waals surface area contributed by atoms with E-state index in [0.717, 1.165) is 11.8 Å². The van der Waals surface area contributed by atoms with E-state index in [1.807, 2.05) is 0 Å². The van der Waals surface area contributed by atoms with Gasteiger partial charge in [0.1, 0.15) is 0 Å². The Morgan fingerprint density at radius 2 is 1.71 bits per heavy atom. The van der Waals surface area contributed by atoms with Crippen LogP contribution in [0.4, 0.5) is 0 Å². The molecule has 0 N–H and O–H groups in total. The van der Waals surface area contributed by atoms with E-state index in [1.165, 1.54) is 38.2 Å². The highest BCUT2D eigenvalue weighted by Crippen LogP contribution is 2.47. The molecule has 0 saturated carbocycles. The predicted octanol–water partition coefficient (Wildman–Crippen LogP) is 2.63. The maximum Gasteiger partial charge on any atom is 0.0624 e. The minimum Gasteiger partial charge on any atom is -0.374 e. The van der Waals surface area contributed by atoms with Crippen LogP contribution in [0.15, 0.2) is 0 Å². The molecule has 4 atom stereocenters. The largest absolute Gasteiger partial charge is 0.374 e. The summed E-state index contributed by atoms with van der Waals surface area (Å²) >= 11 is 2.09. The van der Waals surface area contributed by atoms with Crippen LogP contribution < -0.4 is 0 Å². The van der Waals surface area contributed by atoms with E-state index in [1.54, 1.807) is 0 Å². The van der Waals surface area contributed by atoms with Gasteiger partial charge in [0.05, 0.1) is 12.2 Å². The quantitative estimate of drug-likeness (QED) is 0.769. The molecule has 0 aromatic rings. The molecule has 17 heavy (non-hydrogen) atoms. The van der Waals surface area contributed by atoms with Crippen LogP contribution in [0.5, 0.6) is 0 Å². The molecular weight excluding hydrogens is 230 g/mol. The molecule has 3 heteroatoms. The van der Waals surface area contributed by atoms with Crippen LogP contribution in [-0.2, 0) is 4.74 Å². The lowest BCUT2D eigenvalue weighted by atomic mass is 9.82. The van der Waals surface area contributed by atoms with E-state index >= 15 is 0 Å². The van der Waals surface area contributed by atoms with Gasteiger partial charge in [-0.1, -0.05) is 20.8 Å². The maximum atomic E-state index is 6.01. The normalized spacial score (nSPS) is 41.1. The van der Waals surface area contributed by atoms with Gasteiger partial charge < -0.3 is 9.64 Å². The number of rotatable bonds is 3. The predicted molar refractivity (Wildman–Crippen MR) is 73.5 cm³/mol. The second-order valence-electron chi connectivity index (χ2n) is 6.84. The van der Waals surface area contributed by atoms with Crippen molar-refractivity contribution in [2.24, 2.45) is 11.8 Å². The number of hydrogen-bond acceptors (Lipinski definition) is 3. The number of ether oxygens (including phenoxy) is 1. The van der Waals surface area contributed by atoms with Crippen molar-refractivity contribution in [3.05, 3.63) is 0 Å². The molecule has 3 heterocycles. The summed E-state index contributed by atoms with van der Waals surface area (Å²) in [5.74, 6) is 3.01. The average molecular weight is 255 g/mol. The van der Waals surface area contributed by atoms with Gasteiger partial charge in [0, 0.05) is 42.0 Å². The van der Waals surface area contributed by atoms with Crippen LogP contribution in [0, 0.1) is 11.8 Å². The Morgan fingerprint density at radius 1 is 1.12 bits per heavy atom. The van der Waals surface area contributed by atoms with Crippen molar-refractivity contribution in [1.29, 1.82) is 0 Å². The summed E-state index contributed by atoms with van der Waals surface area (Å²) in [4.78, 5) is 2.68. The molecule has 3 rings (SSSR count). The van der Waals surface area contributed by atoms with Gasteiger partial charge in [-0.15, -0.1) is 0 Å². The van der Waals surface area contributed by atoms with Gasteiger partial charge in [0.25, 0.3) is 0 Å². The first kappa shape index (κ1) is 12.3. The van der Waals surface area contributed by atoms with Crippen molar-refractivity contribution in [1.82, 2.24) is 4.90 Å². The zero-order valence-corrected chi connectivity index (χ0v) is 12.1. The van der Waals surface area contributed by atoms with Gasteiger partial charge in [0.15, 0.2) is 0 Å². The smallest absolute Gasteiger partial charge is 0.0624 e. The fourth-order valence-electron chi connectivity index (χ4n) is 3.71. The summed E-state index contributed by atoms with van der Waals surface area (Å²) in [5, 5.41) is 0. The highest BCUT2D eigenvalue weighted by Gasteiger charge is 2.52. The number of thioether (sulfide) groups is 1. The minimum atomic E-state index is 0.414. The van der Waals surface area contributed by atoms with Crippen molar-refractivity contribution in [3.8, 4) is 0 Å². The fourth-order valence-corrected chi connectivity index (χ4v) is 4.67. The molecule has 3 fully saturated rings. The van der Waals surface area contributed by atoms with Gasteiger partial charge in [-0.3, -0.25) is 0 Å². The zero-order chi connectivity index (χ0) is 12.0. The molecule has 0 spiro atoms. The lowest BCUT2D eigenvalue weighted by Gasteiger charge is -2.22. The molecule has 0 radical (unpaired) electrons. The van der Waals surface area contributed by atoms with Crippen molar-refractivity contribution in [2.75, 3.05) is 25.4 Å². The SMILES string of the molecule is CC(C)(C)SCCN1C[C@@H]2[C@@H](C1)[C@H]1CC[C@H]2O1. The average Bonchev–Trinajstić information content (AvgIpc) is 2.85. The van der Waals surface area contributed by atoms with E-state index in [9.17, 15) is 0 Å². The molecule has 0 aromatic heterocycles. The molecule has 98 valence electrons. The van der Waals surface area contributed by atoms with Crippen LogP contribution in [0.1, 0.15) is 33.6 Å². The van der Waals surface area contributed by atoms with Crippen LogP contribution in [0.3, 0.4) is 0 Å². The summed E-state index contributed by atoms with van der Waals surface area (Å²) in [6.45, 7) is 10.8. The van der Waals surface area contributed by atoms with Gasteiger partial charge in [0.2, 0.25) is 0 Å². The van der Waals surface area contributed by atoms with Crippen LogP contribution in [0.2, 0.25) is 0 Å². The Kier molecular flexibility index (Phi) is 3.21. The highest BCUT2D eigenvalue weighted by molar-refractivity contribution is 8.00. The Labute approximate surface area is 109 Å². The third kappa shape index (κ3) is 2.52. The van der Waals surface area contributed by atoms with Gasteiger partial charge >= 0.3 is 0 Å². The first-order valence-corrected chi connectivity index (χ1v) is 8.03. The Morgan fingerprint density at radius 3 is 2.24 bits per heavy atom. The standard InChI is InChI=1S/C14H25NOS/c1-14(2,3)17-7-6-15-8-10-11(9-15)13-5-4-12(10)16-13/h10-13H,4-9H2,1-3H3/t10-,11-,12-,13-/m1/s1. The van der Waals surface area contributed by atoms with Crippen molar-refractivity contribution in [2.45, 2.75) is 50.6 Å². The molecule has 0 aromatic carbocycles. The molecule has 2 nitrogen and oxygen atoms in total. The molecule has 2 bridgehead atoms. The summed E-state index contributed by atoms with van der Waals surface area (Å²) in [6.07, 6.45) is 3.89. The Hall–Kier alpha value is 0.270. The molecule has 3 saturated heterocycles. The third-order valence-electron chi connectivity index (χ3n) is 4.47. The fraction of sp³-hybridized carbons (Fsp3) is 1.00. The molecular formula is C14H25NOS. The zero-order valence-electron chi connectivity index (χ0n) is 11.3. The Balaban J connectivity index is 1.46. The Bertz CT molecular complexity index is 270. The molecule has 0 aliphatic carbocycles. The minimum absolute atomic E-state index is 0.414. The number of hydrogen-bond donors (Lipinski definition) is 0. The summed E-state index contributed by atoms with van der Waals surface area (Å²) in [6, 6.07) is 0. The summed E-state index contributed by atoms with van der Waals surface area (Å²) in [5.41, 5.74) is 0. The molecule has 0 unspecified atom stereocenters. The van der Waals surface area contributed by atoms with E-state index in [-0.39, 0.29) is 0 Å². The van der Waals surface area contributed by atoms with E-state index in [0.29, 0.717) is 17.0 Å². The first-order valence-electron chi connectivity index (χ1n) is 7.05. The van der Waals surface area contributed by atoms with E-state index in [4.69, 9.17) is 4.74 Å². The second kappa shape index (κ2) is 4.43. The van der Waals surface area contributed by atoms with Crippen LogP contribution in [-0.4, -0.2) is 47.2 Å². The number of likely N-dealkylation sites (tertiary alicyclic amines) is 1. The summed E-state index contributed by atoms with van der Waals surface area (Å²) < 4.78 is 6.43. The number of fused-ring (bicyclic) bond motifs is 5. The van der Waals surface area contributed by atoms with E-state index in [2.05, 4.69) is 37.4 Å². The maximum absolute atomic E-state index is 6.01. The summed E-state index contributed by atoms with van der Waals surface area (Å²) in [7, 11) is 0. The van der Waals surface area contributed by atoms with Gasteiger partial charge in [-0.25, -0.2) is 0 Å². The van der Waals surface area contributed by atoms with Crippen molar-refractivity contribution >= 4 is 11.8 Å². The van der Waals surface area contributed by atoms with E-state index < -0.39 is 0 Å². The lowest BCUT2D eigenvalue weighted by Crippen LogP contribution is -2.28. The number of nitrogens with zero attached hydrogens (tertiary/aromatic N) is 1.